The SMILES string of the molecule is COc1cccc(CCC(=O)O[C@@H](C)c2cccc([N+](=O)[O-])c2)c1OC. The molecule has 7 heteroatoms. The zero-order chi connectivity index (χ0) is 19.1. The number of methoxy groups -OCH3 is 2. The molecule has 26 heavy (non-hydrogen) atoms. The van der Waals surface area contributed by atoms with Crippen molar-refractivity contribution in [2.75, 3.05) is 14.2 Å². The molecule has 0 N–H and O–H groups in total. The van der Waals surface area contributed by atoms with E-state index < -0.39 is 17.0 Å². The van der Waals surface area contributed by atoms with Crippen molar-refractivity contribution in [3.63, 3.8) is 0 Å². The second kappa shape index (κ2) is 8.84. The van der Waals surface area contributed by atoms with Gasteiger partial charge < -0.3 is 14.2 Å². The second-order valence-electron chi connectivity index (χ2n) is 5.64. The minimum Gasteiger partial charge on any atom is -0.493 e. The molecular weight excluding hydrogens is 338 g/mol. The van der Waals surface area contributed by atoms with Crippen LogP contribution in [0.15, 0.2) is 42.5 Å². The molecule has 7 nitrogen and oxygen atoms in total. The first-order chi connectivity index (χ1) is 12.5. The largest absolute Gasteiger partial charge is 0.493 e. The van der Waals surface area contributed by atoms with Gasteiger partial charge >= 0.3 is 5.97 Å². The average Bonchev–Trinajstić information content (AvgIpc) is 2.65. The molecule has 0 aromatic heterocycles. The Morgan fingerprint density at radius 2 is 1.88 bits per heavy atom. The van der Waals surface area contributed by atoms with Gasteiger partial charge in [-0.15, -0.1) is 0 Å². The predicted molar refractivity (Wildman–Crippen MR) is 95.5 cm³/mol. The van der Waals surface area contributed by atoms with Crippen molar-refractivity contribution in [3.8, 4) is 11.5 Å². The van der Waals surface area contributed by atoms with Crippen molar-refractivity contribution in [2.24, 2.45) is 0 Å². The molecule has 1 atom stereocenters. The van der Waals surface area contributed by atoms with E-state index in [1.165, 1.54) is 12.1 Å². The number of nitro benzene ring substituents is 1. The summed E-state index contributed by atoms with van der Waals surface area (Å²) >= 11 is 0. The number of nitro groups is 1. The summed E-state index contributed by atoms with van der Waals surface area (Å²) < 4.78 is 16.0. The molecule has 2 rings (SSSR count). The number of aryl methyl sites for hydroxylation is 1. The number of para-hydroxylation sites is 1. The van der Waals surface area contributed by atoms with Crippen LogP contribution in [0.4, 0.5) is 5.69 Å². The zero-order valence-corrected chi connectivity index (χ0v) is 14.9. The highest BCUT2D eigenvalue weighted by molar-refractivity contribution is 5.70. The van der Waals surface area contributed by atoms with Crippen molar-refractivity contribution in [1.82, 2.24) is 0 Å². The molecule has 0 fully saturated rings. The summed E-state index contributed by atoms with van der Waals surface area (Å²) in [5, 5.41) is 10.8. The van der Waals surface area contributed by atoms with Crippen LogP contribution in [-0.2, 0) is 16.0 Å². The third-order valence-electron chi connectivity index (χ3n) is 3.94. The molecule has 0 bridgehead atoms. The summed E-state index contributed by atoms with van der Waals surface area (Å²) in [7, 11) is 3.10. The Morgan fingerprint density at radius 1 is 1.15 bits per heavy atom. The lowest BCUT2D eigenvalue weighted by atomic mass is 10.1. The lowest BCUT2D eigenvalue weighted by Gasteiger charge is -2.15. The number of non-ortho nitro benzene ring substituents is 1. The highest BCUT2D eigenvalue weighted by Gasteiger charge is 2.16. The summed E-state index contributed by atoms with van der Waals surface area (Å²) in [4.78, 5) is 22.5. The molecule has 0 saturated heterocycles. The van der Waals surface area contributed by atoms with E-state index in [0.29, 0.717) is 23.5 Å². The van der Waals surface area contributed by atoms with Gasteiger partial charge in [-0.2, -0.15) is 0 Å². The molecule has 0 amide bonds. The van der Waals surface area contributed by atoms with Gasteiger partial charge in [-0.05, 0) is 30.5 Å². The quantitative estimate of drug-likeness (QED) is 0.404. The number of nitrogens with zero attached hydrogens (tertiary/aromatic N) is 1. The normalized spacial score (nSPS) is 11.5. The molecule has 2 aromatic rings. The Bertz CT molecular complexity index is 789. The molecule has 0 aliphatic heterocycles. The van der Waals surface area contributed by atoms with Crippen molar-refractivity contribution in [2.45, 2.75) is 25.9 Å². The standard InChI is InChI=1S/C19H21NO6/c1-13(15-7-4-8-16(12-15)20(22)23)26-18(21)11-10-14-6-5-9-17(24-2)19(14)25-3/h4-9,12-13H,10-11H2,1-3H3/t13-/m0/s1. The fourth-order valence-electron chi connectivity index (χ4n) is 2.60. The van der Waals surface area contributed by atoms with E-state index in [9.17, 15) is 14.9 Å². The molecular formula is C19H21NO6. The van der Waals surface area contributed by atoms with Crippen LogP contribution in [0.1, 0.15) is 30.6 Å². The zero-order valence-electron chi connectivity index (χ0n) is 14.9. The summed E-state index contributed by atoms with van der Waals surface area (Å²) in [5.74, 6) is 0.798. The van der Waals surface area contributed by atoms with Gasteiger partial charge in [0.25, 0.3) is 5.69 Å². The summed E-state index contributed by atoms with van der Waals surface area (Å²) in [6, 6.07) is 11.5. The number of carbonyl (C=O) groups is 1. The van der Waals surface area contributed by atoms with Gasteiger partial charge in [0.1, 0.15) is 6.10 Å². The van der Waals surface area contributed by atoms with Crippen LogP contribution in [0.5, 0.6) is 11.5 Å². The van der Waals surface area contributed by atoms with E-state index in [0.717, 1.165) is 5.56 Å². The lowest BCUT2D eigenvalue weighted by Crippen LogP contribution is -2.10. The first-order valence-electron chi connectivity index (χ1n) is 8.10. The molecule has 0 saturated carbocycles. The van der Waals surface area contributed by atoms with Crippen molar-refractivity contribution < 1.29 is 23.9 Å². The summed E-state index contributed by atoms with van der Waals surface area (Å²) in [6.45, 7) is 1.68. The van der Waals surface area contributed by atoms with Gasteiger partial charge in [-0.25, -0.2) is 0 Å². The van der Waals surface area contributed by atoms with E-state index in [1.54, 1.807) is 39.3 Å². The molecule has 0 heterocycles. The van der Waals surface area contributed by atoms with Gasteiger partial charge in [-0.3, -0.25) is 14.9 Å². The summed E-state index contributed by atoms with van der Waals surface area (Å²) in [6.07, 6.45) is 0.0125. The Kier molecular flexibility index (Phi) is 6.54. The predicted octanol–water partition coefficient (Wildman–Crippen LogP) is 3.85. The first kappa shape index (κ1) is 19.2. The number of rotatable bonds is 8. The van der Waals surface area contributed by atoms with Crippen LogP contribution < -0.4 is 9.47 Å². The lowest BCUT2D eigenvalue weighted by molar-refractivity contribution is -0.385. The van der Waals surface area contributed by atoms with Gasteiger partial charge in [0.15, 0.2) is 11.5 Å². The van der Waals surface area contributed by atoms with Crippen LogP contribution in [-0.4, -0.2) is 25.1 Å². The van der Waals surface area contributed by atoms with Gasteiger partial charge in [-0.1, -0.05) is 24.3 Å². The van der Waals surface area contributed by atoms with Crippen LogP contribution in [0, 0.1) is 10.1 Å². The van der Waals surface area contributed by atoms with Crippen LogP contribution >= 0.6 is 0 Å². The fraction of sp³-hybridized carbons (Fsp3) is 0.316. The summed E-state index contributed by atoms with van der Waals surface area (Å²) in [5.41, 5.74) is 1.38. The maximum atomic E-state index is 12.1. The van der Waals surface area contributed by atoms with Crippen LogP contribution in [0.25, 0.3) is 0 Å². The second-order valence-corrected chi connectivity index (χ2v) is 5.64. The number of benzene rings is 2. The van der Waals surface area contributed by atoms with Gasteiger partial charge in [0.05, 0.1) is 19.1 Å². The number of ether oxygens (including phenoxy) is 3. The fourth-order valence-corrected chi connectivity index (χ4v) is 2.60. The molecule has 0 radical (unpaired) electrons. The Labute approximate surface area is 151 Å². The minimum absolute atomic E-state index is 0.0356. The molecule has 0 unspecified atom stereocenters. The van der Waals surface area contributed by atoms with E-state index in [2.05, 4.69) is 0 Å². The minimum atomic E-state index is -0.574. The molecule has 2 aromatic carbocycles. The Morgan fingerprint density at radius 3 is 2.54 bits per heavy atom. The topological polar surface area (TPSA) is 87.9 Å². The van der Waals surface area contributed by atoms with Gasteiger partial charge in [0.2, 0.25) is 0 Å². The Balaban J connectivity index is 1.99. The monoisotopic (exact) mass is 359 g/mol. The number of esters is 1. The first-order valence-corrected chi connectivity index (χ1v) is 8.10. The highest BCUT2D eigenvalue weighted by atomic mass is 16.6. The Hall–Kier alpha value is -3.09. The molecule has 0 aliphatic carbocycles. The maximum Gasteiger partial charge on any atom is 0.306 e. The number of carbonyl (C=O) groups excluding carboxylic acids is 1. The van der Waals surface area contributed by atoms with Crippen molar-refractivity contribution >= 4 is 11.7 Å². The third kappa shape index (κ3) is 4.72. The van der Waals surface area contributed by atoms with Crippen molar-refractivity contribution in [3.05, 3.63) is 63.7 Å². The van der Waals surface area contributed by atoms with Gasteiger partial charge in [0, 0.05) is 18.6 Å². The molecule has 138 valence electrons. The van der Waals surface area contributed by atoms with E-state index in [4.69, 9.17) is 14.2 Å². The van der Waals surface area contributed by atoms with E-state index in [1.807, 2.05) is 12.1 Å². The molecule has 0 aliphatic rings. The third-order valence-corrected chi connectivity index (χ3v) is 3.94. The van der Waals surface area contributed by atoms with E-state index >= 15 is 0 Å². The number of hydrogen-bond acceptors (Lipinski definition) is 6. The highest BCUT2D eigenvalue weighted by Crippen LogP contribution is 2.31. The molecule has 0 spiro atoms. The smallest absolute Gasteiger partial charge is 0.306 e. The number of hydrogen-bond donors (Lipinski definition) is 0. The van der Waals surface area contributed by atoms with E-state index in [-0.39, 0.29) is 12.1 Å². The van der Waals surface area contributed by atoms with Crippen molar-refractivity contribution in [1.29, 1.82) is 0 Å². The maximum absolute atomic E-state index is 12.1. The van der Waals surface area contributed by atoms with Crippen LogP contribution in [0.3, 0.4) is 0 Å². The van der Waals surface area contributed by atoms with Crippen LogP contribution in [0.2, 0.25) is 0 Å². The average molecular weight is 359 g/mol.